The number of rotatable bonds is 16. The number of carbonyl (C=O) groups is 7. The molecule has 0 aromatic rings. The first-order valence-corrected chi connectivity index (χ1v) is 13.4. The lowest BCUT2D eigenvalue weighted by Crippen LogP contribution is -2.58. The van der Waals surface area contributed by atoms with Crippen LogP contribution in [0.4, 0.5) is 0 Å². The zero-order valence-electron chi connectivity index (χ0n) is 23.5. The normalized spacial score (nSPS) is 17.8. The largest absolute Gasteiger partial charge is 0.480 e. The summed E-state index contributed by atoms with van der Waals surface area (Å²) in [5.74, 6) is -5.46. The predicted octanol–water partition coefficient (Wildman–Crippen LogP) is -2.44. The first kappa shape index (κ1) is 34.3. The van der Waals surface area contributed by atoms with Crippen LogP contribution in [0.2, 0.25) is 0 Å². The Kier molecular flexibility index (Phi) is 14.0. The zero-order chi connectivity index (χ0) is 30.6. The highest BCUT2D eigenvalue weighted by molar-refractivity contribution is 5.95. The number of nitrogens with two attached hydrogens (primary N) is 2. The number of carbonyl (C=O) groups excluding carboxylic acids is 6. The number of nitrogens with zero attached hydrogens (tertiary/aromatic N) is 1. The molecule has 1 fully saturated rings. The van der Waals surface area contributed by atoms with Crippen LogP contribution in [0.5, 0.6) is 0 Å². The van der Waals surface area contributed by atoms with E-state index in [1.807, 2.05) is 6.92 Å². The van der Waals surface area contributed by atoms with Crippen molar-refractivity contribution in [3.63, 3.8) is 0 Å². The summed E-state index contributed by atoms with van der Waals surface area (Å²) in [7, 11) is 0. The molecule has 1 aliphatic rings. The van der Waals surface area contributed by atoms with E-state index in [1.165, 1.54) is 4.90 Å². The number of aliphatic carboxylic acids is 1. The third-order valence-electron chi connectivity index (χ3n) is 6.77. The fraction of sp³-hybridized carbons (Fsp3) is 0.720. The van der Waals surface area contributed by atoms with E-state index in [4.69, 9.17) is 11.5 Å². The molecule has 0 bridgehead atoms. The lowest BCUT2D eigenvalue weighted by Gasteiger charge is -2.32. The molecule has 15 heteroatoms. The molecule has 0 spiro atoms. The number of amides is 6. The van der Waals surface area contributed by atoms with Gasteiger partial charge in [0.25, 0.3) is 0 Å². The van der Waals surface area contributed by atoms with E-state index >= 15 is 0 Å². The van der Waals surface area contributed by atoms with Gasteiger partial charge in [-0.1, -0.05) is 34.1 Å². The van der Waals surface area contributed by atoms with Gasteiger partial charge in [-0.2, -0.15) is 0 Å². The monoisotopic (exact) mass is 569 g/mol. The standard InChI is InChI=1S/C25H43N7O8/c1-5-14(4)21(24(38)32-10-6-7-16(32)23(37)31-20(13(2)3)25(39)40)30-19(35)12-28-18(34)11-29-22(36)15(26)8-9-17(27)33/h13-16,20-21H,5-12,26H2,1-4H3,(H2,27,33)(H,28,34)(H,29,36)(H,30,35)(H,31,37)(H,39,40)/t14-,15-,16-,20-,21-/m0/s1. The third kappa shape index (κ3) is 10.8. The first-order chi connectivity index (χ1) is 18.7. The molecule has 6 amide bonds. The van der Waals surface area contributed by atoms with Crippen molar-refractivity contribution in [1.29, 1.82) is 0 Å². The Bertz CT molecular complexity index is 957. The van der Waals surface area contributed by atoms with Gasteiger partial charge in [0.1, 0.15) is 18.1 Å². The summed E-state index contributed by atoms with van der Waals surface area (Å²) in [6, 6.07) is -3.97. The second-order valence-electron chi connectivity index (χ2n) is 10.3. The lowest BCUT2D eigenvalue weighted by atomic mass is 9.97. The van der Waals surface area contributed by atoms with Gasteiger partial charge < -0.3 is 42.7 Å². The van der Waals surface area contributed by atoms with Gasteiger partial charge in [0.05, 0.1) is 19.1 Å². The molecule has 1 aliphatic heterocycles. The average Bonchev–Trinajstić information content (AvgIpc) is 3.39. The maximum absolute atomic E-state index is 13.5. The van der Waals surface area contributed by atoms with Crippen molar-refractivity contribution >= 4 is 41.4 Å². The van der Waals surface area contributed by atoms with Crippen LogP contribution < -0.4 is 32.7 Å². The molecule has 0 saturated carbocycles. The topological polar surface area (TPSA) is 243 Å². The number of hydrogen-bond donors (Lipinski definition) is 7. The Morgan fingerprint density at radius 1 is 0.950 bits per heavy atom. The van der Waals surface area contributed by atoms with Crippen molar-refractivity contribution in [1.82, 2.24) is 26.2 Å². The van der Waals surface area contributed by atoms with E-state index in [1.54, 1.807) is 20.8 Å². The Morgan fingerprint density at radius 3 is 2.12 bits per heavy atom. The Labute approximate surface area is 233 Å². The van der Waals surface area contributed by atoms with Gasteiger partial charge in [-0.3, -0.25) is 28.8 Å². The Balaban J connectivity index is 2.73. The van der Waals surface area contributed by atoms with Crippen LogP contribution in [-0.2, 0) is 33.6 Å². The molecule has 5 atom stereocenters. The molecule has 0 radical (unpaired) electrons. The fourth-order valence-corrected chi connectivity index (χ4v) is 4.12. The maximum atomic E-state index is 13.5. The molecule has 0 unspecified atom stereocenters. The van der Waals surface area contributed by atoms with Crippen molar-refractivity contribution in [3.8, 4) is 0 Å². The van der Waals surface area contributed by atoms with Crippen LogP contribution in [0, 0.1) is 11.8 Å². The maximum Gasteiger partial charge on any atom is 0.326 e. The quantitative estimate of drug-likeness (QED) is 0.104. The molecule has 0 aromatic heterocycles. The van der Waals surface area contributed by atoms with Gasteiger partial charge in [0.2, 0.25) is 35.4 Å². The van der Waals surface area contributed by atoms with Gasteiger partial charge in [-0.25, -0.2) is 4.79 Å². The highest BCUT2D eigenvalue weighted by atomic mass is 16.4. The Morgan fingerprint density at radius 2 is 1.57 bits per heavy atom. The number of carboxylic acid groups (broad SMARTS) is 1. The average molecular weight is 570 g/mol. The van der Waals surface area contributed by atoms with E-state index < -0.39 is 78.7 Å². The van der Waals surface area contributed by atoms with Crippen molar-refractivity contribution in [2.24, 2.45) is 23.3 Å². The smallest absolute Gasteiger partial charge is 0.326 e. The van der Waals surface area contributed by atoms with Crippen LogP contribution in [0.15, 0.2) is 0 Å². The number of nitrogens with one attached hydrogen (secondary N) is 4. The number of hydrogen-bond acceptors (Lipinski definition) is 8. The third-order valence-corrected chi connectivity index (χ3v) is 6.77. The van der Waals surface area contributed by atoms with Gasteiger partial charge in [0.15, 0.2) is 0 Å². The summed E-state index contributed by atoms with van der Waals surface area (Å²) < 4.78 is 0. The molecule has 40 heavy (non-hydrogen) atoms. The second kappa shape index (κ2) is 16.4. The number of carboxylic acids is 1. The summed E-state index contributed by atoms with van der Waals surface area (Å²) in [6.07, 6.45) is 1.37. The molecule has 9 N–H and O–H groups in total. The predicted molar refractivity (Wildman–Crippen MR) is 143 cm³/mol. The molecule has 1 heterocycles. The van der Waals surface area contributed by atoms with E-state index in [0.717, 1.165) is 0 Å². The molecule has 15 nitrogen and oxygen atoms in total. The highest BCUT2D eigenvalue weighted by Crippen LogP contribution is 2.22. The highest BCUT2D eigenvalue weighted by Gasteiger charge is 2.40. The minimum Gasteiger partial charge on any atom is -0.480 e. The number of likely N-dealkylation sites (tertiary alicyclic amines) is 1. The molecule has 1 saturated heterocycles. The second-order valence-corrected chi connectivity index (χ2v) is 10.3. The van der Waals surface area contributed by atoms with Gasteiger partial charge in [0, 0.05) is 13.0 Å². The van der Waals surface area contributed by atoms with Crippen LogP contribution in [0.3, 0.4) is 0 Å². The van der Waals surface area contributed by atoms with Gasteiger partial charge in [-0.05, 0) is 31.1 Å². The SMILES string of the molecule is CC[C@H](C)[C@H](NC(=O)CNC(=O)CNC(=O)[C@@H](N)CCC(N)=O)C(=O)N1CCC[C@H]1C(=O)N[C@H](C(=O)O)C(C)C. The lowest BCUT2D eigenvalue weighted by molar-refractivity contribution is -0.146. The summed E-state index contributed by atoms with van der Waals surface area (Å²) >= 11 is 0. The van der Waals surface area contributed by atoms with E-state index in [0.29, 0.717) is 19.3 Å². The summed E-state index contributed by atoms with van der Waals surface area (Å²) in [5, 5.41) is 19.2. The minimum atomic E-state index is -1.17. The molecule has 226 valence electrons. The molecule has 0 aromatic carbocycles. The van der Waals surface area contributed by atoms with Crippen LogP contribution in [-0.4, -0.2) is 95.2 Å². The first-order valence-electron chi connectivity index (χ1n) is 13.4. The molecule has 0 aliphatic carbocycles. The van der Waals surface area contributed by atoms with Crippen LogP contribution in [0.25, 0.3) is 0 Å². The van der Waals surface area contributed by atoms with Crippen LogP contribution in [0.1, 0.15) is 59.8 Å². The molecular weight excluding hydrogens is 526 g/mol. The molecular formula is C25H43N7O8. The van der Waals surface area contributed by atoms with Crippen LogP contribution >= 0.6 is 0 Å². The van der Waals surface area contributed by atoms with Crippen molar-refractivity contribution in [2.45, 2.75) is 84.0 Å². The van der Waals surface area contributed by atoms with Crippen molar-refractivity contribution in [2.75, 3.05) is 19.6 Å². The van der Waals surface area contributed by atoms with Gasteiger partial charge in [-0.15, -0.1) is 0 Å². The van der Waals surface area contributed by atoms with E-state index in [2.05, 4.69) is 21.3 Å². The zero-order valence-corrected chi connectivity index (χ0v) is 23.5. The number of primary amides is 1. The van der Waals surface area contributed by atoms with Gasteiger partial charge >= 0.3 is 5.97 Å². The minimum absolute atomic E-state index is 0.0215. The summed E-state index contributed by atoms with van der Waals surface area (Å²) in [6.45, 7) is 6.28. The summed E-state index contributed by atoms with van der Waals surface area (Å²) in [4.78, 5) is 86.6. The van der Waals surface area contributed by atoms with E-state index in [-0.39, 0.29) is 31.2 Å². The fourth-order valence-electron chi connectivity index (χ4n) is 4.12. The molecule has 1 rings (SSSR count). The van der Waals surface area contributed by atoms with Crippen molar-refractivity contribution < 1.29 is 38.7 Å². The summed E-state index contributed by atoms with van der Waals surface area (Å²) in [5.41, 5.74) is 10.6. The van der Waals surface area contributed by atoms with E-state index in [9.17, 15) is 38.7 Å². The van der Waals surface area contributed by atoms with Crippen molar-refractivity contribution in [3.05, 3.63) is 0 Å². The Hall–Kier alpha value is -3.75.